The predicted molar refractivity (Wildman–Crippen MR) is 76.7 cm³/mol. The number of thioether (sulfide) groups is 1. The average Bonchev–Trinajstić information content (AvgIpc) is 2.78. The Morgan fingerprint density at radius 3 is 2.78 bits per heavy atom. The van der Waals surface area contributed by atoms with Gasteiger partial charge in [0.05, 0.1) is 0 Å². The molecule has 0 bridgehead atoms. The lowest BCUT2D eigenvalue weighted by Crippen LogP contribution is -2.31. The van der Waals surface area contributed by atoms with Crippen molar-refractivity contribution < 1.29 is 9.18 Å². The summed E-state index contributed by atoms with van der Waals surface area (Å²) in [5, 5.41) is 0.500. The molecule has 0 aromatic heterocycles. The van der Waals surface area contributed by atoms with Crippen LogP contribution in [0.25, 0.3) is 0 Å². The Kier molecular flexibility index (Phi) is 5.09. The minimum Gasteiger partial charge on any atom is -0.286 e. The van der Waals surface area contributed by atoms with E-state index < -0.39 is 6.17 Å². The van der Waals surface area contributed by atoms with Crippen LogP contribution in [0, 0.1) is 0 Å². The summed E-state index contributed by atoms with van der Waals surface area (Å²) >= 11 is 5.26. The first-order valence-electron chi connectivity index (χ1n) is 5.93. The van der Waals surface area contributed by atoms with Gasteiger partial charge < -0.3 is 0 Å². The summed E-state index contributed by atoms with van der Waals surface area (Å²) < 4.78 is 13.3. The molecule has 0 saturated carbocycles. The van der Waals surface area contributed by atoms with Gasteiger partial charge in [-0.05, 0) is 12.0 Å². The minimum absolute atomic E-state index is 0.0466. The summed E-state index contributed by atoms with van der Waals surface area (Å²) in [6.45, 7) is 0.984. The third-order valence-corrected chi connectivity index (χ3v) is 4.10. The van der Waals surface area contributed by atoms with Crippen molar-refractivity contribution in [2.45, 2.75) is 18.6 Å². The van der Waals surface area contributed by atoms with Crippen molar-refractivity contribution >= 4 is 29.5 Å². The Morgan fingerprint density at radius 2 is 2.22 bits per heavy atom. The van der Waals surface area contributed by atoms with Crippen molar-refractivity contribution in [3.05, 3.63) is 35.9 Å². The maximum atomic E-state index is 13.3. The zero-order chi connectivity index (χ0) is 13.0. The lowest BCUT2D eigenvalue weighted by atomic mass is 10.1. The van der Waals surface area contributed by atoms with Crippen molar-refractivity contribution in [2.24, 2.45) is 0 Å². The average molecular weight is 285 g/mol. The van der Waals surface area contributed by atoms with Gasteiger partial charge in [0.15, 0.2) is 0 Å². The molecule has 1 aliphatic heterocycles. The number of hydrogen-bond donors (Lipinski definition) is 1. The molecule has 1 saturated heterocycles. The topological polar surface area (TPSA) is 20.3 Å². The van der Waals surface area contributed by atoms with Crippen LogP contribution in [-0.4, -0.2) is 34.4 Å². The summed E-state index contributed by atoms with van der Waals surface area (Å²) in [5.74, 6) is 0. The Bertz CT molecular complexity index is 401. The van der Waals surface area contributed by atoms with Gasteiger partial charge in [0.25, 0.3) is 0 Å². The molecule has 5 heteroatoms. The third-order valence-electron chi connectivity index (χ3n) is 3.07. The number of likely N-dealkylation sites (tertiary alicyclic amines) is 1. The van der Waals surface area contributed by atoms with Crippen LogP contribution in [0.3, 0.4) is 0 Å². The number of halogens is 1. The highest BCUT2D eigenvalue weighted by Gasteiger charge is 2.33. The molecule has 18 heavy (non-hydrogen) atoms. The van der Waals surface area contributed by atoms with Crippen LogP contribution in [-0.2, 0) is 4.79 Å². The molecule has 2 atom stereocenters. The van der Waals surface area contributed by atoms with Gasteiger partial charge in [0.2, 0.25) is 5.12 Å². The van der Waals surface area contributed by atoms with Crippen molar-refractivity contribution in [2.75, 3.05) is 18.2 Å². The lowest BCUT2D eigenvalue weighted by Gasteiger charge is -2.26. The van der Waals surface area contributed by atoms with Crippen molar-refractivity contribution in [3.8, 4) is 0 Å². The Balaban J connectivity index is 2.20. The van der Waals surface area contributed by atoms with E-state index in [-0.39, 0.29) is 11.2 Å². The summed E-state index contributed by atoms with van der Waals surface area (Å²) in [6.07, 6.45) is -0.299. The van der Waals surface area contributed by atoms with Crippen LogP contribution in [0.4, 0.5) is 4.39 Å². The molecule has 1 aromatic rings. The summed E-state index contributed by atoms with van der Waals surface area (Å²) in [6, 6.07) is 9.23. The molecule has 2 rings (SSSR count). The molecule has 0 amide bonds. The molecular weight excluding hydrogens is 269 g/mol. The molecule has 0 aliphatic carbocycles. The summed E-state index contributed by atoms with van der Waals surface area (Å²) in [4.78, 5) is 14.1. The number of thiol groups is 1. The van der Waals surface area contributed by atoms with E-state index in [1.54, 1.807) is 0 Å². The number of benzene rings is 1. The Morgan fingerprint density at radius 1 is 1.50 bits per heavy atom. The first-order valence-corrected chi connectivity index (χ1v) is 7.54. The minimum atomic E-state index is -0.815. The third kappa shape index (κ3) is 3.28. The van der Waals surface area contributed by atoms with Crippen LogP contribution in [0.5, 0.6) is 0 Å². The standard InChI is InChI=1S/C13H16FNOS2/c14-11-6-7-15(8-11)12(13(16)18-9-17)10-4-2-1-3-5-10/h1-5,11-12,17H,6-9H2/t11-,12+/m0/s1. The fraction of sp³-hybridized carbons (Fsp3) is 0.462. The molecule has 0 unspecified atom stereocenters. The van der Waals surface area contributed by atoms with E-state index in [9.17, 15) is 9.18 Å². The highest BCUT2D eigenvalue weighted by molar-refractivity contribution is 8.20. The monoisotopic (exact) mass is 285 g/mol. The van der Waals surface area contributed by atoms with E-state index in [1.165, 1.54) is 11.8 Å². The normalized spacial score (nSPS) is 22.0. The van der Waals surface area contributed by atoms with E-state index in [4.69, 9.17) is 0 Å². The van der Waals surface area contributed by atoms with Crippen LogP contribution in [0.2, 0.25) is 0 Å². The summed E-state index contributed by atoms with van der Waals surface area (Å²) in [7, 11) is 0. The second-order valence-corrected chi connectivity index (χ2v) is 6.01. The Labute approximate surface area is 116 Å². The van der Waals surface area contributed by atoms with Gasteiger partial charge in [-0.2, -0.15) is 12.6 Å². The van der Waals surface area contributed by atoms with E-state index in [0.29, 0.717) is 24.6 Å². The molecule has 0 N–H and O–H groups in total. The first-order chi connectivity index (χ1) is 8.72. The molecule has 1 aromatic carbocycles. The van der Waals surface area contributed by atoms with Gasteiger partial charge in [0, 0.05) is 18.2 Å². The predicted octanol–water partition coefficient (Wildman–Crippen LogP) is 2.92. The smallest absolute Gasteiger partial charge is 0.211 e. The number of rotatable bonds is 4. The molecule has 0 spiro atoms. The molecule has 1 fully saturated rings. The van der Waals surface area contributed by atoms with Crippen LogP contribution in [0.15, 0.2) is 30.3 Å². The van der Waals surface area contributed by atoms with Crippen molar-refractivity contribution in [1.82, 2.24) is 4.90 Å². The zero-order valence-electron chi connectivity index (χ0n) is 9.96. The quantitative estimate of drug-likeness (QED) is 0.678. The maximum absolute atomic E-state index is 13.3. The Hall–Kier alpha value is -0.520. The van der Waals surface area contributed by atoms with E-state index in [0.717, 1.165) is 5.56 Å². The highest BCUT2D eigenvalue weighted by atomic mass is 32.2. The number of nitrogens with zero attached hydrogens (tertiary/aromatic N) is 1. The molecule has 1 heterocycles. The van der Waals surface area contributed by atoms with Crippen molar-refractivity contribution in [1.29, 1.82) is 0 Å². The van der Waals surface area contributed by atoms with Gasteiger partial charge in [-0.1, -0.05) is 42.1 Å². The van der Waals surface area contributed by atoms with Crippen LogP contribution >= 0.6 is 24.4 Å². The van der Waals surface area contributed by atoms with E-state index >= 15 is 0 Å². The van der Waals surface area contributed by atoms with Gasteiger partial charge in [0.1, 0.15) is 12.2 Å². The van der Waals surface area contributed by atoms with Gasteiger partial charge in [-0.25, -0.2) is 4.39 Å². The number of alkyl halides is 1. The highest BCUT2D eigenvalue weighted by Crippen LogP contribution is 2.30. The molecular formula is C13H16FNOS2. The molecule has 2 nitrogen and oxygen atoms in total. The fourth-order valence-corrected chi connectivity index (χ4v) is 3.20. The fourth-order valence-electron chi connectivity index (χ4n) is 2.25. The first kappa shape index (κ1) is 13.9. The zero-order valence-corrected chi connectivity index (χ0v) is 11.7. The second-order valence-electron chi connectivity index (χ2n) is 4.29. The summed E-state index contributed by atoms with van der Waals surface area (Å²) in [5.41, 5.74) is 0.936. The molecule has 0 radical (unpaired) electrons. The second kappa shape index (κ2) is 6.59. The van der Waals surface area contributed by atoms with Gasteiger partial charge >= 0.3 is 0 Å². The molecule has 1 aliphatic rings. The number of carbonyl (C=O) groups is 1. The number of carbonyl (C=O) groups excluding carboxylic acids is 1. The molecule has 98 valence electrons. The number of hydrogen-bond acceptors (Lipinski definition) is 4. The van der Waals surface area contributed by atoms with Crippen LogP contribution < -0.4 is 0 Å². The largest absolute Gasteiger partial charge is 0.286 e. The maximum Gasteiger partial charge on any atom is 0.211 e. The lowest BCUT2D eigenvalue weighted by molar-refractivity contribution is -0.115. The van der Waals surface area contributed by atoms with Gasteiger partial charge in [-0.3, -0.25) is 9.69 Å². The van der Waals surface area contributed by atoms with Gasteiger partial charge in [-0.15, -0.1) is 0 Å². The van der Waals surface area contributed by atoms with Crippen molar-refractivity contribution in [3.63, 3.8) is 0 Å². The SMILES string of the molecule is O=C(SCS)[C@@H](c1ccccc1)N1CC[C@H](F)C1. The van der Waals surface area contributed by atoms with E-state index in [2.05, 4.69) is 12.6 Å². The van der Waals surface area contributed by atoms with E-state index in [1.807, 2.05) is 35.2 Å². The van der Waals surface area contributed by atoms with Crippen LogP contribution in [0.1, 0.15) is 18.0 Å².